The quantitative estimate of drug-likeness (QED) is 0.552. The zero-order valence-electron chi connectivity index (χ0n) is 17.3. The molecule has 1 fully saturated rings. The van der Waals surface area contributed by atoms with E-state index in [0.717, 1.165) is 30.6 Å². The molecule has 2 heterocycles. The topological polar surface area (TPSA) is 62.6 Å². The summed E-state index contributed by atoms with van der Waals surface area (Å²) in [5.74, 6) is -0.0916. The number of carbonyl (C=O) groups excluding carboxylic acids is 2. The number of aryl methyl sites for hydroxylation is 1. The molecule has 1 atom stereocenters. The molecule has 0 aliphatic heterocycles. The standard InChI is InChI=1S/C24H25FN2O3S/c1-16-11-12-21(30-16)23(24(29)26-18-7-2-3-8-18)27(19-9-4-6-17(25)14-19)22(28)15-20-10-5-13-31-20/h4-6,9-14,18,23H,2-3,7-8,15H2,1H3,(H,26,29). The summed E-state index contributed by atoms with van der Waals surface area (Å²) in [6, 6.07) is 12.0. The van der Waals surface area contributed by atoms with Crippen molar-refractivity contribution in [1.29, 1.82) is 0 Å². The van der Waals surface area contributed by atoms with Crippen molar-refractivity contribution in [3.63, 3.8) is 0 Å². The van der Waals surface area contributed by atoms with Crippen LogP contribution in [0, 0.1) is 12.7 Å². The minimum Gasteiger partial charge on any atom is -0.464 e. The van der Waals surface area contributed by atoms with E-state index in [9.17, 15) is 14.0 Å². The van der Waals surface area contributed by atoms with Crippen LogP contribution in [0.25, 0.3) is 0 Å². The number of amides is 2. The monoisotopic (exact) mass is 440 g/mol. The third kappa shape index (κ3) is 5.05. The molecular weight excluding hydrogens is 415 g/mol. The summed E-state index contributed by atoms with van der Waals surface area (Å²) in [5.41, 5.74) is 0.321. The molecule has 31 heavy (non-hydrogen) atoms. The van der Waals surface area contributed by atoms with Crippen LogP contribution in [0.2, 0.25) is 0 Å². The average molecular weight is 441 g/mol. The molecule has 2 amide bonds. The van der Waals surface area contributed by atoms with E-state index in [0.29, 0.717) is 17.2 Å². The first-order valence-electron chi connectivity index (χ1n) is 10.5. The fraction of sp³-hybridized carbons (Fsp3) is 0.333. The Balaban J connectivity index is 1.74. The summed E-state index contributed by atoms with van der Waals surface area (Å²) in [6.45, 7) is 1.79. The Labute approximate surface area is 184 Å². The summed E-state index contributed by atoms with van der Waals surface area (Å²) in [7, 11) is 0. The second-order valence-corrected chi connectivity index (χ2v) is 8.87. The Morgan fingerprint density at radius 1 is 1.19 bits per heavy atom. The summed E-state index contributed by atoms with van der Waals surface area (Å²) in [5, 5.41) is 4.98. The molecule has 7 heteroatoms. The maximum Gasteiger partial charge on any atom is 0.251 e. The zero-order chi connectivity index (χ0) is 21.8. The molecule has 1 aliphatic carbocycles. The summed E-state index contributed by atoms with van der Waals surface area (Å²) in [4.78, 5) is 29.2. The fourth-order valence-electron chi connectivity index (χ4n) is 4.03. The van der Waals surface area contributed by atoms with Gasteiger partial charge in [-0.1, -0.05) is 25.0 Å². The van der Waals surface area contributed by atoms with Crippen molar-refractivity contribution >= 4 is 28.8 Å². The predicted molar refractivity (Wildman–Crippen MR) is 118 cm³/mol. The number of nitrogens with one attached hydrogen (secondary N) is 1. The van der Waals surface area contributed by atoms with Gasteiger partial charge >= 0.3 is 0 Å². The normalized spacial score (nSPS) is 15.0. The molecule has 2 aromatic heterocycles. The second-order valence-electron chi connectivity index (χ2n) is 7.84. The molecule has 1 aliphatic rings. The van der Waals surface area contributed by atoms with E-state index in [4.69, 9.17) is 4.42 Å². The first-order valence-corrected chi connectivity index (χ1v) is 11.4. The van der Waals surface area contributed by atoms with E-state index in [1.165, 1.54) is 34.4 Å². The van der Waals surface area contributed by atoms with E-state index in [1.807, 2.05) is 17.5 Å². The van der Waals surface area contributed by atoms with Crippen LogP contribution in [-0.4, -0.2) is 17.9 Å². The lowest BCUT2D eigenvalue weighted by Gasteiger charge is -2.31. The summed E-state index contributed by atoms with van der Waals surface area (Å²) in [6.07, 6.45) is 4.08. The highest BCUT2D eigenvalue weighted by Gasteiger charge is 2.36. The molecule has 1 saturated carbocycles. The van der Waals surface area contributed by atoms with Crippen LogP contribution in [-0.2, 0) is 16.0 Å². The highest BCUT2D eigenvalue weighted by molar-refractivity contribution is 7.10. The van der Waals surface area contributed by atoms with Crippen molar-refractivity contribution < 1.29 is 18.4 Å². The van der Waals surface area contributed by atoms with Crippen molar-refractivity contribution in [2.24, 2.45) is 0 Å². The van der Waals surface area contributed by atoms with Crippen LogP contribution in [0.4, 0.5) is 10.1 Å². The highest BCUT2D eigenvalue weighted by Crippen LogP contribution is 2.31. The van der Waals surface area contributed by atoms with E-state index < -0.39 is 11.9 Å². The Kier molecular flexibility index (Phi) is 6.51. The van der Waals surface area contributed by atoms with Crippen LogP contribution in [0.5, 0.6) is 0 Å². The van der Waals surface area contributed by atoms with Crippen LogP contribution in [0.15, 0.2) is 58.3 Å². The molecular formula is C24H25FN2O3S. The molecule has 1 unspecified atom stereocenters. The lowest BCUT2D eigenvalue weighted by atomic mass is 10.1. The molecule has 3 aromatic rings. The number of halogens is 1. The Hall–Kier alpha value is -2.93. The number of benzene rings is 1. The van der Waals surface area contributed by atoms with Gasteiger partial charge in [-0.25, -0.2) is 4.39 Å². The first kappa shape index (κ1) is 21.3. The maximum absolute atomic E-state index is 14.1. The molecule has 5 nitrogen and oxygen atoms in total. The number of hydrogen-bond acceptors (Lipinski definition) is 4. The Morgan fingerprint density at radius 3 is 2.65 bits per heavy atom. The molecule has 162 valence electrons. The molecule has 0 saturated heterocycles. The maximum atomic E-state index is 14.1. The van der Waals surface area contributed by atoms with E-state index >= 15 is 0 Å². The lowest BCUT2D eigenvalue weighted by molar-refractivity contribution is -0.127. The van der Waals surface area contributed by atoms with Gasteiger partial charge in [-0.3, -0.25) is 14.5 Å². The molecule has 0 bridgehead atoms. The molecule has 4 rings (SSSR count). The van der Waals surface area contributed by atoms with Gasteiger partial charge in [0.05, 0.1) is 6.42 Å². The molecule has 0 spiro atoms. The number of hydrogen-bond donors (Lipinski definition) is 1. The largest absolute Gasteiger partial charge is 0.464 e. The van der Waals surface area contributed by atoms with Gasteiger partial charge in [0, 0.05) is 16.6 Å². The fourth-order valence-corrected chi connectivity index (χ4v) is 4.73. The third-order valence-corrected chi connectivity index (χ3v) is 6.38. The van der Waals surface area contributed by atoms with Crippen LogP contribution < -0.4 is 10.2 Å². The second kappa shape index (κ2) is 9.47. The minimum absolute atomic E-state index is 0.0767. The number of thiophene rings is 1. The van der Waals surface area contributed by atoms with Crippen LogP contribution >= 0.6 is 11.3 Å². The molecule has 0 radical (unpaired) electrons. The predicted octanol–water partition coefficient (Wildman–Crippen LogP) is 5.16. The summed E-state index contributed by atoms with van der Waals surface area (Å²) >= 11 is 1.47. The van der Waals surface area contributed by atoms with Crippen molar-refractivity contribution in [2.45, 2.75) is 51.1 Å². The SMILES string of the molecule is Cc1ccc(C(C(=O)NC2CCCC2)N(C(=O)Cc2cccs2)c2cccc(F)c2)o1. The van der Waals surface area contributed by atoms with Crippen molar-refractivity contribution in [3.05, 3.63) is 76.1 Å². The number of furan rings is 1. The van der Waals surface area contributed by atoms with Crippen LogP contribution in [0.1, 0.15) is 48.1 Å². The lowest BCUT2D eigenvalue weighted by Crippen LogP contribution is -2.46. The first-order chi connectivity index (χ1) is 15.0. The smallest absolute Gasteiger partial charge is 0.251 e. The number of carbonyl (C=O) groups is 2. The van der Waals surface area contributed by atoms with Gasteiger partial charge in [0.15, 0.2) is 6.04 Å². The van der Waals surface area contributed by atoms with Gasteiger partial charge in [-0.05, 0) is 61.5 Å². The third-order valence-electron chi connectivity index (χ3n) is 5.50. The van der Waals surface area contributed by atoms with Gasteiger partial charge in [0.1, 0.15) is 17.3 Å². The van der Waals surface area contributed by atoms with Crippen molar-refractivity contribution in [3.8, 4) is 0 Å². The van der Waals surface area contributed by atoms with Crippen molar-refractivity contribution in [1.82, 2.24) is 5.32 Å². The van der Waals surface area contributed by atoms with E-state index in [2.05, 4.69) is 5.32 Å². The number of nitrogens with zero attached hydrogens (tertiary/aromatic N) is 1. The highest BCUT2D eigenvalue weighted by atomic mass is 32.1. The number of anilines is 1. The van der Waals surface area contributed by atoms with Gasteiger partial charge in [-0.15, -0.1) is 11.3 Å². The van der Waals surface area contributed by atoms with Gasteiger partial charge in [0.25, 0.3) is 5.91 Å². The number of rotatable bonds is 7. The molecule has 1 aromatic carbocycles. The summed E-state index contributed by atoms with van der Waals surface area (Å²) < 4.78 is 19.9. The Bertz CT molecular complexity index is 1040. The Morgan fingerprint density at radius 2 is 2.00 bits per heavy atom. The zero-order valence-corrected chi connectivity index (χ0v) is 18.2. The van der Waals surface area contributed by atoms with Gasteiger partial charge in [-0.2, -0.15) is 0 Å². The minimum atomic E-state index is -1.02. The average Bonchev–Trinajstić information content (AvgIpc) is 3.49. The molecule has 1 N–H and O–H groups in total. The van der Waals surface area contributed by atoms with Crippen LogP contribution in [0.3, 0.4) is 0 Å². The van der Waals surface area contributed by atoms with E-state index in [-0.39, 0.29) is 24.3 Å². The van der Waals surface area contributed by atoms with Gasteiger partial charge < -0.3 is 9.73 Å². The van der Waals surface area contributed by atoms with E-state index in [1.54, 1.807) is 25.1 Å². The van der Waals surface area contributed by atoms with Crippen molar-refractivity contribution in [2.75, 3.05) is 4.90 Å². The van der Waals surface area contributed by atoms with Gasteiger partial charge in [0.2, 0.25) is 5.91 Å².